The summed E-state index contributed by atoms with van der Waals surface area (Å²) in [6.07, 6.45) is 1.17. The van der Waals surface area contributed by atoms with Gasteiger partial charge < -0.3 is 4.74 Å². The van der Waals surface area contributed by atoms with E-state index in [1.807, 2.05) is 12.1 Å². The number of ether oxygens (including phenoxy) is 1. The van der Waals surface area contributed by atoms with Gasteiger partial charge in [0.1, 0.15) is 5.75 Å². The molecule has 84 valence electrons. The zero-order chi connectivity index (χ0) is 11.3. The summed E-state index contributed by atoms with van der Waals surface area (Å²) in [5.41, 5.74) is 1.25. The second-order valence-corrected chi connectivity index (χ2v) is 3.98. The molecule has 0 saturated carbocycles. The minimum absolute atomic E-state index is 0.606. The number of rotatable bonds is 5. The van der Waals surface area contributed by atoms with Gasteiger partial charge in [-0.15, -0.1) is 0 Å². The van der Waals surface area contributed by atoms with Crippen LogP contribution in [0.15, 0.2) is 24.3 Å². The summed E-state index contributed by atoms with van der Waals surface area (Å²) in [7, 11) is 3.88. The molecule has 1 rings (SSSR count). The summed E-state index contributed by atoms with van der Waals surface area (Å²) in [4.78, 5) is 2.35. The molecule has 1 unspecified atom stereocenters. The van der Waals surface area contributed by atoms with E-state index in [0.717, 1.165) is 12.3 Å². The molecule has 0 fully saturated rings. The van der Waals surface area contributed by atoms with Crippen LogP contribution in [0.2, 0.25) is 0 Å². The van der Waals surface area contributed by atoms with Gasteiger partial charge in [-0.1, -0.05) is 25.1 Å². The van der Waals surface area contributed by atoms with Crippen molar-refractivity contribution in [3.8, 4) is 5.75 Å². The first-order valence-electron chi connectivity index (χ1n) is 5.51. The van der Waals surface area contributed by atoms with Crippen LogP contribution in [0.3, 0.4) is 0 Å². The smallest absolute Gasteiger partial charge is 0.123 e. The Morgan fingerprint density at radius 2 is 2.00 bits per heavy atom. The second kappa shape index (κ2) is 5.76. The van der Waals surface area contributed by atoms with Gasteiger partial charge in [0.2, 0.25) is 0 Å². The molecule has 2 heteroatoms. The molecule has 0 aliphatic carbocycles. The predicted molar refractivity (Wildman–Crippen MR) is 64.2 cm³/mol. The van der Waals surface area contributed by atoms with Crippen molar-refractivity contribution in [1.82, 2.24) is 4.90 Å². The van der Waals surface area contributed by atoms with Crippen molar-refractivity contribution >= 4 is 0 Å². The normalized spacial score (nSPS) is 12.9. The summed E-state index contributed by atoms with van der Waals surface area (Å²) < 4.78 is 5.33. The summed E-state index contributed by atoms with van der Waals surface area (Å²) in [5.74, 6) is 0.979. The van der Waals surface area contributed by atoms with Crippen LogP contribution < -0.4 is 4.74 Å². The highest BCUT2D eigenvalue weighted by atomic mass is 16.5. The Kier molecular flexibility index (Phi) is 4.63. The fourth-order valence-corrected chi connectivity index (χ4v) is 1.57. The molecular weight excluding hydrogens is 186 g/mol. The van der Waals surface area contributed by atoms with Crippen molar-refractivity contribution in [3.63, 3.8) is 0 Å². The molecule has 0 bridgehead atoms. The van der Waals surface area contributed by atoms with E-state index < -0.39 is 0 Å². The summed E-state index contributed by atoms with van der Waals surface area (Å²) in [5, 5.41) is 0. The maximum Gasteiger partial charge on any atom is 0.123 e. The zero-order valence-electron chi connectivity index (χ0n) is 10.2. The predicted octanol–water partition coefficient (Wildman–Crippen LogP) is 2.93. The minimum atomic E-state index is 0.606. The lowest BCUT2D eigenvalue weighted by Crippen LogP contribution is -2.27. The van der Waals surface area contributed by atoms with E-state index in [2.05, 4.69) is 37.9 Å². The molecule has 0 saturated heterocycles. The fourth-order valence-electron chi connectivity index (χ4n) is 1.57. The SMILES string of the molecule is CCC(C)N(C)Cc1ccccc1OC. The molecule has 0 heterocycles. The lowest BCUT2D eigenvalue weighted by Gasteiger charge is -2.24. The van der Waals surface area contributed by atoms with Crippen molar-refractivity contribution in [3.05, 3.63) is 29.8 Å². The van der Waals surface area contributed by atoms with Crippen LogP contribution in [0.25, 0.3) is 0 Å². The highest BCUT2D eigenvalue weighted by Gasteiger charge is 2.09. The third-order valence-corrected chi connectivity index (χ3v) is 2.96. The van der Waals surface area contributed by atoms with Gasteiger partial charge >= 0.3 is 0 Å². The summed E-state index contributed by atoms with van der Waals surface area (Å²) >= 11 is 0. The van der Waals surface area contributed by atoms with E-state index in [4.69, 9.17) is 4.74 Å². The van der Waals surface area contributed by atoms with Gasteiger partial charge in [-0.25, -0.2) is 0 Å². The Bertz CT molecular complexity index is 298. The first-order chi connectivity index (χ1) is 7.19. The van der Waals surface area contributed by atoms with E-state index >= 15 is 0 Å². The molecule has 0 aliphatic rings. The molecule has 0 aromatic heterocycles. The van der Waals surface area contributed by atoms with Crippen LogP contribution in [0.1, 0.15) is 25.8 Å². The molecule has 0 radical (unpaired) electrons. The summed E-state index contributed by atoms with van der Waals surface area (Å²) in [6, 6.07) is 8.81. The number of hydrogen-bond donors (Lipinski definition) is 0. The average Bonchev–Trinajstić information content (AvgIpc) is 2.28. The quantitative estimate of drug-likeness (QED) is 0.736. The van der Waals surface area contributed by atoms with Gasteiger partial charge in [0.25, 0.3) is 0 Å². The van der Waals surface area contributed by atoms with Gasteiger partial charge in [0, 0.05) is 18.2 Å². The van der Waals surface area contributed by atoms with Crippen molar-refractivity contribution in [2.24, 2.45) is 0 Å². The molecule has 1 aromatic carbocycles. The number of hydrogen-bond acceptors (Lipinski definition) is 2. The Morgan fingerprint density at radius 3 is 2.60 bits per heavy atom. The zero-order valence-corrected chi connectivity index (χ0v) is 10.2. The van der Waals surface area contributed by atoms with Crippen molar-refractivity contribution in [2.45, 2.75) is 32.9 Å². The molecule has 1 aromatic rings. The molecule has 15 heavy (non-hydrogen) atoms. The maximum atomic E-state index is 5.33. The summed E-state index contributed by atoms with van der Waals surface area (Å²) in [6.45, 7) is 5.40. The highest BCUT2D eigenvalue weighted by molar-refractivity contribution is 5.33. The van der Waals surface area contributed by atoms with Crippen molar-refractivity contribution in [2.75, 3.05) is 14.2 Å². The van der Waals surface area contributed by atoms with E-state index in [0.29, 0.717) is 6.04 Å². The van der Waals surface area contributed by atoms with Crippen LogP contribution in [-0.2, 0) is 6.54 Å². The van der Waals surface area contributed by atoms with Crippen LogP contribution in [0.4, 0.5) is 0 Å². The lowest BCUT2D eigenvalue weighted by atomic mass is 10.1. The number of para-hydroxylation sites is 1. The largest absolute Gasteiger partial charge is 0.496 e. The van der Waals surface area contributed by atoms with E-state index in [1.165, 1.54) is 12.0 Å². The van der Waals surface area contributed by atoms with Crippen molar-refractivity contribution in [1.29, 1.82) is 0 Å². The van der Waals surface area contributed by atoms with Gasteiger partial charge in [-0.2, -0.15) is 0 Å². The molecule has 1 atom stereocenters. The molecule has 0 amide bonds. The van der Waals surface area contributed by atoms with Crippen molar-refractivity contribution < 1.29 is 4.74 Å². The van der Waals surface area contributed by atoms with E-state index in [9.17, 15) is 0 Å². The third kappa shape index (κ3) is 3.24. The van der Waals surface area contributed by atoms with Gasteiger partial charge in [-0.05, 0) is 26.5 Å². The van der Waals surface area contributed by atoms with Gasteiger partial charge in [0.05, 0.1) is 7.11 Å². The molecule has 0 spiro atoms. The van der Waals surface area contributed by atoms with E-state index in [1.54, 1.807) is 7.11 Å². The maximum absolute atomic E-state index is 5.33. The monoisotopic (exact) mass is 207 g/mol. The molecular formula is C13H21NO. The average molecular weight is 207 g/mol. The lowest BCUT2D eigenvalue weighted by molar-refractivity contribution is 0.240. The third-order valence-electron chi connectivity index (χ3n) is 2.96. The van der Waals surface area contributed by atoms with Crippen LogP contribution in [-0.4, -0.2) is 25.1 Å². The van der Waals surface area contributed by atoms with Crippen LogP contribution in [0.5, 0.6) is 5.75 Å². The standard InChI is InChI=1S/C13H21NO/c1-5-11(2)14(3)10-12-8-6-7-9-13(12)15-4/h6-9,11H,5,10H2,1-4H3. The Labute approximate surface area is 92.9 Å². The Balaban J connectivity index is 2.71. The van der Waals surface area contributed by atoms with E-state index in [-0.39, 0.29) is 0 Å². The molecule has 0 aliphatic heterocycles. The first kappa shape index (κ1) is 12.1. The highest BCUT2D eigenvalue weighted by Crippen LogP contribution is 2.19. The topological polar surface area (TPSA) is 12.5 Å². The number of nitrogens with zero attached hydrogens (tertiary/aromatic N) is 1. The van der Waals surface area contributed by atoms with Crippen LogP contribution in [0, 0.1) is 0 Å². The Morgan fingerprint density at radius 1 is 1.33 bits per heavy atom. The fraction of sp³-hybridized carbons (Fsp3) is 0.538. The van der Waals surface area contributed by atoms with Gasteiger partial charge in [-0.3, -0.25) is 4.90 Å². The molecule has 0 N–H and O–H groups in total. The first-order valence-corrected chi connectivity index (χ1v) is 5.51. The van der Waals surface area contributed by atoms with Gasteiger partial charge in [0.15, 0.2) is 0 Å². The molecule has 2 nitrogen and oxygen atoms in total. The second-order valence-electron chi connectivity index (χ2n) is 3.98. The number of benzene rings is 1. The minimum Gasteiger partial charge on any atom is -0.496 e. The van der Waals surface area contributed by atoms with Crippen LogP contribution >= 0.6 is 0 Å². The Hall–Kier alpha value is -1.02. The number of methoxy groups -OCH3 is 1.